The summed E-state index contributed by atoms with van der Waals surface area (Å²) in [5, 5.41) is 14.7. The second kappa shape index (κ2) is 7.77. The van der Waals surface area contributed by atoms with Crippen molar-refractivity contribution in [3.8, 4) is 0 Å². The van der Waals surface area contributed by atoms with Gasteiger partial charge in [0.1, 0.15) is 12.3 Å². The molecule has 9 heteroatoms. The van der Waals surface area contributed by atoms with E-state index in [0.29, 0.717) is 6.42 Å². The van der Waals surface area contributed by atoms with E-state index in [1.165, 1.54) is 12.3 Å². The van der Waals surface area contributed by atoms with Gasteiger partial charge in [-0.25, -0.2) is 8.42 Å². The first-order chi connectivity index (χ1) is 9.82. The molecule has 1 amide bonds. The zero-order valence-corrected chi connectivity index (χ0v) is 12.6. The number of sulfone groups is 1. The van der Waals surface area contributed by atoms with Crippen molar-refractivity contribution >= 4 is 27.5 Å². The third-order valence-corrected chi connectivity index (χ3v) is 4.23. The van der Waals surface area contributed by atoms with Crippen molar-refractivity contribution in [2.75, 3.05) is 16.8 Å². The van der Waals surface area contributed by atoms with Crippen molar-refractivity contribution in [3.05, 3.63) is 12.3 Å². The maximum atomic E-state index is 11.7. The number of hydrogen-bond donors (Lipinski definition) is 2. The molecule has 0 aliphatic rings. The Morgan fingerprint density at radius 3 is 2.71 bits per heavy atom. The number of carbonyl (C=O) groups excluding carboxylic acids is 1. The number of anilines is 1. The Labute approximate surface area is 123 Å². The van der Waals surface area contributed by atoms with E-state index >= 15 is 0 Å². The fraction of sp³-hybridized carbons (Fsp3) is 0.583. The Kier molecular flexibility index (Phi) is 6.35. The number of carboxylic acid groups (broad SMARTS) is 1. The number of nitrogens with zero attached hydrogens (tertiary/aromatic N) is 2. The molecular formula is C12H19N3O5S. The predicted octanol–water partition coefficient (Wildman–Crippen LogP) is 0.511. The first-order valence-corrected chi connectivity index (χ1v) is 8.40. The highest BCUT2D eigenvalue weighted by Crippen LogP contribution is 2.05. The number of carboxylic acids is 1. The Morgan fingerprint density at radius 1 is 1.38 bits per heavy atom. The van der Waals surface area contributed by atoms with Crippen LogP contribution in [-0.2, 0) is 26.0 Å². The molecule has 1 rings (SSSR count). The molecule has 0 saturated heterocycles. The lowest BCUT2D eigenvalue weighted by molar-refractivity contribution is -0.137. The van der Waals surface area contributed by atoms with Gasteiger partial charge in [0.05, 0.1) is 5.75 Å². The molecule has 118 valence electrons. The van der Waals surface area contributed by atoms with Gasteiger partial charge >= 0.3 is 5.97 Å². The van der Waals surface area contributed by atoms with E-state index in [2.05, 4.69) is 10.4 Å². The molecule has 0 fully saturated rings. The maximum Gasteiger partial charge on any atom is 0.325 e. The molecule has 0 atom stereocenters. The molecule has 0 aliphatic heterocycles. The van der Waals surface area contributed by atoms with Crippen LogP contribution in [0.5, 0.6) is 0 Å². The van der Waals surface area contributed by atoms with Crippen molar-refractivity contribution < 1.29 is 23.1 Å². The van der Waals surface area contributed by atoms with Crippen LogP contribution in [-0.4, -0.2) is 46.7 Å². The zero-order valence-electron chi connectivity index (χ0n) is 11.8. The average molecular weight is 317 g/mol. The molecule has 21 heavy (non-hydrogen) atoms. The summed E-state index contributed by atoms with van der Waals surface area (Å²) in [6.45, 7) is 1.64. The number of carbonyl (C=O) groups is 2. The van der Waals surface area contributed by atoms with Crippen LogP contribution in [0.15, 0.2) is 12.3 Å². The SMILES string of the molecule is CCCCCS(=O)(=O)CC(=O)Nc1ccn(CC(=O)O)n1. The highest BCUT2D eigenvalue weighted by molar-refractivity contribution is 7.92. The Bertz CT molecular complexity index is 594. The van der Waals surface area contributed by atoms with Crippen molar-refractivity contribution in [1.82, 2.24) is 9.78 Å². The number of rotatable bonds is 9. The second-order valence-corrected chi connectivity index (χ2v) is 6.82. The van der Waals surface area contributed by atoms with Gasteiger partial charge in [-0.05, 0) is 6.42 Å². The summed E-state index contributed by atoms with van der Waals surface area (Å²) in [6, 6.07) is 1.41. The molecule has 1 aromatic rings. The molecule has 2 N–H and O–H groups in total. The Hall–Kier alpha value is -1.90. The summed E-state index contributed by atoms with van der Waals surface area (Å²) in [4.78, 5) is 22.1. The number of hydrogen-bond acceptors (Lipinski definition) is 5. The van der Waals surface area contributed by atoms with Crippen LogP contribution in [0.25, 0.3) is 0 Å². The van der Waals surface area contributed by atoms with E-state index in [1.807, 2.05) is 6.92 Å². The first-order valence-electron chi connectivity index (χ1n) is 6.58. The van der Waals surface area contributed by atoms with E-state index in [4.69, 9.17) is 5.11 Å². The second-order valence-electron chi connectivity index (χ2n) is 4.64. The number of nitrogens with one attached hydrogen (secondary N) is 1. The van der Waals surface area contributed by atoms with E-state index in [0.717, 1.165) is 17.5 Å². The van der Waals surface area contributed by atoms with E-state index < -0.39 is 27.5 Å². The fourth-order valence-corrected chi connectivity index (χ4v) is 2.94. The van der Waals surface area contributed by atoms with Crippen LogP contribution in [0, 0.1) is 0 Å². The largest absolute Gasteiger partial charge is 0.480 e. The number of aromatic nitrogens is 2. The molecular weight excluding hydrogens is 298 g/mol. The van der Waals surface area contributed by atoms with Crippen LogP contribution in [0.1, 0.15) is 26.2 Å². The number of amides is 1. The highest BCUT2D eigenvalue weighted by Gasteiger charge is 2.17. The van der Waals surface area contributed by atoms with Gasteiger partial charge in [-0.2, -0.15) is 5.10 Å². The highest BCUT2D eigenvalue weighted by atomic mass is 32.2. The monoisotopic (exact) mass is 317 g/mol. The van der Waals surface area contributed by atoms with Gasteiger partial charge in [0.15, 0.2) is 15.7 Å². The lowest BCUT2D eigenvalue weighted by Gasteiger charge is -2.04. The summed E-state index contributed by atoms with van der Waals surface area (Å²) >= 11 is 0. The minimum atomic E-state index is -3.43. The molecule has 0 unspecified atom stereocenters. The number of unbranched alkanes of at least 4 members (excludes halogenated alkanes) is 2. The van der Waals surface area contributed by atoms with Gasteiger partial charge in [-0.1, -0.05) is 19.8 Å². The van der Waals surface area contributed by atoms with E-state index in [9.17, 15) is 18.0 Å². The summed E-state index contributed by atoms with van der Waals surface area (Å²) in [7, 11) is -3.43. The van der Waals surface area contributed by atoms with Gasteiger partial charge < -0.3 is 10.4 Å². The van der Waals surface area contributed by atoms with E-state index in [-0.39, 0.29) is 18.1 Å². The molecule has 0 bridgehead atoms. The molecule has 0 spiro atoms. The third kappa shape index (κ3) is 6.89. The van der Waals surface area contributed by atoms with Gasteiger partial charge in [-0.15, -0.1) is 0 Å². The van der Waals surface area contributed by atoms with E-state index in [1.54, 1.807) is 0 Å². The van der Waals surface area contributed by atoms with Crippen LogP contribution < -0.4 is 5.32 Å². The first kappa shape index (κ1) is 17.2. The minimum Gasteiger partial charge on any atom is -0.480 e. The molecule has 0 radical (unpaired) electrons. The van der Waals surface area contributed by atoms with Gasteiger partial charge in [-0.3, -0.25) is 14.3 Å². The van der Waals surface area contributed by atoms with Crippen LogP contribution in [0.2, 0.25) is 0 Å². The van der Waals surface area contributed by atoms with Crippen LogP contribution >= 0.6 is 0 Å². The molecule has 0 aliphatic carbocycles. The van der Waals surface area contributed by atoms with Gasteiger partial charge in [0.2, 0.25) is 5.91 Å². The summed E-state index contributed by atoms with van der Waals surface area (Å²) < 4.78 is 24.5. The summed E-state index contributed by atoms with van der Waals surface area (Å²) in [5.74, 6) is -2.21. The molecule has 8 nitrogen and oxygen atoms in total. The smallest absolute Gasteiger partial charge is 0.325 e. The zero-order chi connectivity index (χ0) is 15.9. The summed E-state index contributed by atoms with van der Waals surface area (Å²) in [5.41, 5.74) is 0. The van der Waals surface area contributed by atoms with Crippen LogP contribution in [0.3, 0.4) is 0 Å². The van der Waals surface area contributed by atoms with Crippen molar-refractivity contribution in [2.45, 2.75) is 32.7 Å². The van der Waals surface area contributed by atoms with Crippen molar-refractivity contribution in [2.24, 2.45) is 0 Å². The molecule has 1 heterocycles. The van der Waals surface area contributed by atoms with Crippen molar-refractivity contribution in [1.29, 1.82) is 0 Å². The van der Waals surface area contributed by atoms with Crippen LogP contribution in [0.4, 0.5) is 5.82 Å². The van der Waals surface area contributed by atoms with Gasteiger partial charge in [0, 0.05) is 12.3 Å². The fourth-order valence-electron chi connectivity index (χ4n) is 1.68. The van der Waals surface area contributed by atoms with Crippen molar-refractivity contribution in [3.63, 3.8) is 0 Å². The summed E-state index contributed by atoms with van der Waals surface area (Å²) in [6.07, 6.45) is 3.64. The molecule has 0 aromatic carbocycles. The Morgan fingerprint density at radius 2 is 2.10 bits per heavy atom. The minimum absolute atomic E-state index is 0.0122. The lowest BCUT2D eigenvalue weighted by atomic mass is 10.3. The van der Waals surface area contributed by atoms with Gasteiger partial charge in [0.25, 0.3) is 0 Å². The third-order valence-electron chi connectivity index (χ3n) is 2.62. The average Bonchev–Trinajstić information content (AvgIpc) is 2.74. The Balaban J connectivity index is 2.49. The molecule has 0 saturated carbocycles. The maximum absolute atomic E-state index is 11.7. The number of aliphatic carboxylic acids is 1. The lowest BCUT2D eigenvalue weighted by Crippen LogP contribution is -2.25. The normalized spacial score (nSPS) is 11.3. The standard InChI is InChI=1S/C12H19N3O5S/c1-2-3-4-7-21(19,20)9-11(16)13-10-5-6-15(14-10)8-12(17)18/h5-6H,2-4,7-9H2,1H3,(H,17,18)(H,13,14,16). The molecule has 1 aromatic heterocycles. The predicted molar refractivity (Wildman–Crippen MR) is 76.7 cm³/mol. The topological polar surface area (TPSA) is 118 Å². The quantitative estimate of drug-likeness (QED) is 0.641.